The van der Waals surface area contributed by atoms with Crippen LogP contribution in [0.2, 0.25) is 0 Å². The molecular formula is C22H30N6O2S. The van der Waals surface area contributed by atoms with Gasteiger partial charge in [-0.3, -0.25) is 18.6 Å². The molecule has 2 amide bonds. The van der Waals surface area contributed by atoms with Crippen molar-refractivity contribution in [2.45, 2.75) is 76.8 Å². The molecule has 1 aromatic carbocycles. The fourth-order valence-corrected chi connectivity index (χ4v) is 5.26. The van der Waals surface area contributed by atoms with Crippen molar-refractivity contribution < 1.29 is 9.59 Å². The van der Waals surface area contributed by atoms with Gasteiger partial charge in [-0.05, 0) is 59.1 Å². The predicted octanol–water partition coefficient (Wildman–Crippen LogP) is 3.09. The molecule has 2 unspecified atom stereocenters. The minimum Gasteiger partial charge on any atom is -0.353 e. The van der Waals surface area contributed by atoms with Crippen LogP contribution in [-0.2, 0) is 16.1 Å². The number of carbonyl (C=O) groups is 2. The van der Waals surface area contributed by atoms with Crippen molar-refractivity contribution in [3.63, 3.8) is 0 Å². The van der Waals surface area contributed by atoms with E-state index in [1.165, 1.54) is 11.8 Å². The average Bonchev–Trinajstić information content (AvgIpc) is 3.25. The summed E-state index contributed by atoms with van der Waals surface area (Å²) in [6.45, 7) is 8.36. The first-order valence-corrected chi connectivity index (χ1v) is 11.9. The Kier molecular flexibility index (Phi) is 6.22. The molecule has 0 radical (unpaired) electrons. The highest BCUT2D eigenvalue weighted by atomic mass is 32.2. The molecule has 0 saturated carbocycles. The number of aromatic nitrogens is 4. The van der Waals surface area contributed by atoms with Gasteiger partial charge in [0.05, 0.1) is 16.8 Å². The minimum atomic E-state index is -0.0382. The maximum Gasteiger partial charge on any atom is 0.243 e. The van der Waals surface area contributed by atoms with Crippen molar-refractivity contribution >= 4 is 40.4 Å². The van der Waals surface area contributed by atoms with E-state index in [1.54, 1.807) is 0 Å². The molecule has 4 rings (SSSR count). The normalized spacial score (nSPS) is 19.5. The van der Waals surface area contributed by atoms with E-state index in [0.29, 0.717) is 10.9 Å². The Balaban J connectivity index is 1.65. The van der Waals surface area contributed by atoms with Gasteiger partial charge >= 0.3 is 0 Å². The van der Waals surface area contributed by atoms with Crippen LogP contribution in [0.15, 0.2) is 29.4 Å². The van der Waals surface area contributed by atoms with E-state index in [-0.39, 0.29) is 42.2 Å². The topological polar surface area (TPSA) is 84.5 Å². The fourth-order valence-electron chi connectivity index (χ4n) is 4.51. The number of amides is 2. The highest BCUT2D eigenvalue weighted by molar-refractivity contribution is 7.99. The molecule has 0 aliphatic carbocycles. The summed E-state index contributed by atoms with van der Waals surface area (Å²) in [6.07, 6.45) is 3.25. The number of nitrogens with one attached hydrogen (secondary N) is 1. The summed E-state index contributed by atoms with van der Waals surface area (Å²) in [7, 11) is 0. The van der Waals surface area contributed by atoms with Gasteiger partial charge in [0, 0.05) is 18.1 Å². The number of carbonyl (C=O) groups excluding carboxylic acids is 2. The number of nitrogens with zero attached hydrogens (tertiary/aromatic N) is 5. The van der Waals surface area contributed by atoms with E-state index in [1.807, 2.05) is 52.0 Å². The van der Waals surface area contributed by atoms with E-state index >= 15 is 0 Å². The maximum absolute atomic E-state index is 13.3. The number of para-hydroxylation sites is 2. The molecule has 1 N–H and O–H groups in total. The third kappa shape index (κ3) is 4.28. The Morgan fingerprint density at radius 1 is 1.13 bits per heavy atom. The summed E-state index contributed by atoms with van der Waals surface area (Å²) in [6, 6.07) is 8.51. The summed E-state index contributed by atoms with van der Waals surface area (Å²) in [4.78, 5) is 27.4. The van der Waals surface area contributed by atoms with Gasteiger partial charge in [-0.25, -0.2) is 0 Å². The number of likely N-dealkylation sites (tertiary alicyclic amines) is 1. The first-order chi connectivity index (χ1) is 14.9. The third-order valence-corrected chi connectivity index (χ3v) is 6.76. The van der Waals surface area contributed by atoms with E-state index in [4.69, 9.17) is 0 Å². The molecule has 0 spiro atoms. The molecule has 166 valence electrons. The van der Waals surface area contributed by atoms with Crippen LogP contribution < -0.4 is 5.32 Å². The van der Waals surface area contributed by atoms with Gasteiger partial charge in [-0.15, -0.1) is 10.2 Å². The summed E-state index contributed by atoms with van der Waals surface area (Å²) >= 11 is 1.35. The van der Waals surface area contributed by atoms with Gasteiger partial charge in [0.2, 0.25) is 17.6 Å². The zero-order valence-corrected chi connectivity index (χ0v) is 19.4. The highest BCUT2D eigenvalue weighted by Gasteiger charge is 2.30. The lowest BCUT2D eigenvalue weighted by molar-refractivity contribution is -0.137. The number of fused-ring (bicyclic) bond motifs is 3. The number of thioether (sulfide) groups is 1. The van der Waals surface area contributed by atoms with Crippen LogP contribution in [-0.4, -0.2) is 59.8 Å². The SMILES string of the molecule is CC(C)NC(=O)CSc1nnc2n(CC(=O)N3C(C)CCCC3C)c3ccccc3n12. The minimum absolute atomic E-state index is 0.0382. The number of benzene rings is 1. The Bertz CT molecular complexity index is 1090. The van der Waals surface area contributed by atoms with Crippen LogP contribution in [0.4, 0.5) is 0 Å². The molecule has 31 heavy (non-hydrogen) atoms. The lowest BCUT2D eigenvalue weighted by atomic mass is 9.97. The largest absolute Gasteiger partial charge is 0.353 e. The second-order valence-electron chi connectivity index (χ2n) is 8.63. The first-order valence-electron chi connectivity index (χ1n) is 10.9. The number of imidazole rings is 1. The van der Waals surface area contributed by atoms with E-state index < -0.39 is 0 Å². The van der Waals surface area contributed by atoms with Crippen LogP contribution >= 0.6 is 11.8 Å². The van der Waals surface area contributed by atoms with E-state index in [9.17, 15) is 9.59 Å². The molecule has 1 aliphatic heterocycles. The van der Waals surface area contributed by atoms with Crippen LogP contribution in [0, 0.1) is 0 Å². The lowest BCUT2D eigenvalue weighted by Gasteiger charge is -2.39. The van der Waals surface area contributed by atoms with Crippen molar-refractivity contribution in [1.29, 1.82) is 0 Å². The molecular weight excluding hydrogens is 412 g/mol. The maximum atomic E-state index is 13.3. The van der Waals surface area contributed by atoms with Crippen LogP contribution in [0.1, 0.15) is 47.0 Å². The van der Waals surface area contributed by atoms with E-state index in [2.05, 4.69) is 29.4 Å². The van der Waals surface area contributed by atoms with Crippen molar-refractivity contribution in [3.8, 4) is 0 Å². The number of rotatable bonds is 6. The average molecular weight is 443 g/mol. The number of piperidine rings is 1. The summed E-state index contributed by atoms with van der Waals surface area (Å²) < 4.78 is 3.88. The summed E-state index contributed by atoms with van der Waals surface area (Å²) in [5, 5.41) is 12.2. The highest BCUT2D eigenvalue weighted by Crippen LogP contribution is 2.27. The van der Waals surface area contributed by atoms with Gasteiger partial charge in [0.1, 0.15) is 6.54 Å². The molecule has 1 saturated heterocycles. The summed E-state index contributed by atoms with van der Waals surface area (Å²) in [5.41, 5.74) is 1.87. The van der Waals surface area contributed by atoms with Gasteiger partial charge < -0.3 is 10.2 Å². The molecule has 1 aliphatic rings. The predicted molar refractivity (Wildman–Crippen MR) is 122 cm³/mol. The zero-order chi connectivity index (χ0) is 22.1. The third-order valence-electron chi connectivity index (χ3n) is 5.83. The molecule has 1 fully saturated rings. The van der Waals surface area contributed by atoms with Crippen molar-refractivity contribution in [3.05, 3.63) is 24.3 Å². The number of hydrogen-bond donors (Lipinski definition) is 1. The molecule has 0 bridgehead atoms. The Labute approximate surface area is 186 Å². The monoisotopic (exact) mass is 442 g/mol. The van der Waals surface area contributed by atoms with Gasteiger partial charge in [-0.2, -0.15) is 0 Å². The fraction of sp³-hybridized carbons (Fsp3) is 0.545. The first kappa shape index (κ1) is 21.7. The molecule has 9 heteroatoms. The van der Waals surface area contributed by atoms with Crippen LogP contribution in [0.25, 0.3) is 16.8 Å². The second-order valence-corrected chi connectivity index (χ2v) is 9.58. The molecule has 2 atom stereocenters. The van der Waals surface area contributed by atoms with Gasteiger partial charge in [0.25, 0.3) is 0 Å². The molecule has 3 heterocycles. The Morgan fingerprint density at radius 2 is 1.81 bits per heavy atom. The van der Waals surface area contributed by atoms with Crippen molar-refractivity contribution in [2.75, 3.05) is 5.75 Å². The van der Waals surface area contributed by atoms with Crippen molar-refractivity contribution in [2.24, 2.45) is 0 Å². The Hall–Kier alpha value is -2.55. The van der Waals surface area contributed by atoms with Gasteiger partial charge in [-0.1, -0.05) is 23.9 Å². The molecule has 8 nitrogen and oxygen atoms in total. The van der Waals surface area contributed by atoms with Gasteiger partial charge in [0.15, 0.2) is 5.16 Å². The smallest absolute Gasteiger partial charge is 0.243 e. The van der Waals surface area contributed by atoms with Crippen molar-refractivity contribution in [1.82, 2.24) is 29.4 Å². The quantitative estimate of drug-likeness (QED) is 0.593. The molecule has 2 aromatic heterocycles. The summed E-state index contributed by atoms with van der Waals surface area (Å²) in [5.74, 6) is 0.957. The molecule has 3 aromatic rings. The zero-order valence-electron chi connectivity index (χ0n) is 18.5. The second kappa shape index (κ2) is 8.90. The van der Waals surface area contributed by atoms with E-state index in [0.717, 1.165) is 30.3 Å². The Morgan fingerprint density at radius 3 is 2.48 bits per heavy atom. The standard InChI is InChI=1S/C22H30N6O2S/c1-14(2)23-19(29)13-31-22-25-24-21-26(17-10-5-6-11-18(17)28(21)22)12-20(30)27-15(3)8-7-9-16(27)4/h5-6,10-11,14-16H,7-9,12-13H2,1-4H3,(H,23,29). The van der Waals surface area contributed by atoms with Crippen LogP contribution in [0.3, 0.4) is 0 Å². The van der Waals surface area contributed by atoms with Crippen LogP contribution in [0.5, 0.6) is 0 Å². The lowest BCUT2D eigenvalue weighted by Crippen LogP contribution is -2.48. The number of hydrogen-bond acceptors (Lipinski definition) is 5.